The lowest BCUT2D eigenvalue weighted by molar-refractivity contribution is -0.385. The lowest BCUT2D eigenvalue weighted by atomic mass is 10.1. The van der Waals surface area contributed by atoms with Gasteiger partial charge in [-0.15, -0.1) is 0 Å². The summed E-state index contributed by atoms with van der Waals surface area (Å²) in [5.74, 6) is -0.924. The molecule has 0 aromatic heterocycles. The molecule has 31 heavy (non-hydrogen) atoms. The molecule has 0 aliphatic carbocycles. The molecule has 2 aromatic carbocycles. The predicted octanol–water partition coefficient (Wildman–Crippen LogP) is 5.11. The zero-order chi connectivity index (χ0) is 22.5. The smallest absolute Gasteiger partial charge is 0.312 e. The number of hydrogen-bond acceptors (Lipinski definition) is 7. The first kappa shape index (κ1) is 22.7. The summed E-state index contributed by atoms with van der Waals surface area (Å²) in [7, 11) is 0. The number of carboxylic acids is 1. The van der Waals surface area contributed by atoms with Crippen LogP contribution in [-0.4, -0.2) is 37.7 Å². The summed E-state index contributed by atoms with van der Waals surface area (Å²) in [6, 6.07) is 10.8. The summed E-state index contributed by atoms with van der Waals surface area (Å²) < 4.78 is 5.92. The summed E-state index contributed by atoms with van der Waals surface area (Å²) in [6.07, 6.45) is 1.71. The number of amides is 1. The molecule has 1 saturated heterocycles. The molecule has 1 aliphatic heterocycles. The van der Waals surface area contributed by atoms with Crippen molar-refractivity contribution in [3.05, 3.63) is 68.1 Å². The van der Waals surface area contributed by atoms with Gasteiger partial charge in [-0.2, -0.15) is 0 Å². The van der Waals surface area contributed by atoms with E-state index in [1.165, 1.54) is 29.2 Å². The van der Waals surface area contributed by atoms with Crippen LogP contribution in [0.1, 0.15) is 18.4 Å². The van der Waals surface area contributed by atoms with E-state index >= 15 is 0 Å². The molecule has 3 rings (SSSR count). The second kappa shape index (κ2) is 9.90. The van der Waals surface area contributed by atoms with E-state index in [2.05, 4.69) is 0 Å². The number of aliphatic carboxylic acids is 1. The highest BCUT2D eigenvalue weighted by Crippen LogP contribution is 2.36. The number of carbonyl (C=O) groups is 2. The third kappa shape index (κ3) is 5.81. The number of benzene rings is 2. The number of rotatable bonds is 8. The second-order valence-corrected chi connectivity index (χ2v) is 8.49. The minimum Gasteiger partial charge on any atom is -0.481 e. The van der Waals surface area contributed by atoms with Crippen molar-refractivity contribution in [1.82, 2.24) is 4.90 Å². The van der Waals surface area contributed by atoms with E-state index in [0.717, 1.165) is 11.8 Å². The van der Waals surface area contributed by atoms with Crippen LogP contribution >= 0.6 is 35.6 Å². The Labute approximate surface area is 191 Å². The standard InChI is InChI=1S/C20H15ClN2O6S2/c21-13-3-1-4-14(11-13)29-16-7-6-12(9-15(16)23(27)28)10-17-19(26)22(20(30)31-17)8-2-5-18(24)25/h1,3-4,6-7,9-11H,2,5,8H2,(H,24,25)/b17-10-. The van der Waals surface area contributed by atoms with Crippen LogP contribution in [0.5, 0.6) is 11.5 Å². The van der Waals surface area contributed by atoms with Gasteiger partial charge in [0.05, 0.1) is 9.83 Å². The second-order valence-electron chi connectivity index (χ2n) is 6.37. The summed E-state index contributed by atoms with van der Waals surface area (Å²) >= 11 is 12.2. The Balaban J connectivity index is 1.81. The molecule has 11 heteroatoms. The van der Waals surface area contributed by atoms with Crippen LogP contribution in [0.2, 0.25) is 5.02 Å². The van der Waals surface area contributed by atoms with Crippen LogP contribution in [-0.2, 0) is 9.59 Å². The van der Waals surface area contributed by atoms with Gasteiger partial charge in [-0.25, -0.2) is 0 Å². The van der Waals surface area contributed by atoms with Crippen molar-refractivity contribution in [2.24, 2.45) is 0 Å². The Hall–Kier alpha value is -2.95. The fraction of sp³-hybridized carbons (Fsp3) is 0.150. The van der Waals surface area contributed by atoms with Gasteiger partial charge in [0.25, 0.3) is 5.91 Å². The van der Waals surface area contributed by atoms with Crippen molar-refractivity contribution in [2.45, 2.75) is 12.8 Å². The number of nitrogens with zero attached hydrogens (tertiary/aromatic N) is 2. The molecule has 1 aliphatic rings. The monoisotopic (exact) mass is 478 g/mol. The molecule has 1 fully saturated rings. The quantitative estimate of drug-likeness (QED) is 0.241. The van der Waals surface area contributed by atoms with Gasteiger partial charge in [-0.1, -0.05) is 47.7 Å². The van der Waals surface area contributed by atoms with E-state index in [1.807, 2.05) is 0 Å². The zero-order valence-corrected chi connectivity index (χ0v) is 18.2. The minimum absolute atomic E-state index is 0.0330. The maximum absolute atomic E-state index is 12.6. The normalized spacial score (nSPS) is 14.9. The third-order valence-electron chi connectivity index (χ3n) is 4.15. The number of carboxylic acid groups (broad SMARTS) is 1. The lowest BCUT2D eigenvalue weighted by Crippen LogP contribution is -2.29. The minimum atomic E-state index is -0.951. The molecule has 1 N–H and O–H groups in total. The number of thioether (sulfide) groups is 1. The number of halogens is 1. The largest absolute Gasteiger partial charge is 0.481 e. The maximum Gasteiger partial charge on any atom is 0.312 e. The number of thiocarbonyl (C=S) groups is 1. The lowest BCUT2D eigenvalue weighted by Gasteiger charge is -2.13. The first-order valence-electron chi connectivity index (χ1n) is 8.93. The molecule has 160 valence electrons. The molecule has 0 unspecified atom stereocenters. The summed E-state index contributed by atoms with van der Waals surface area (Å²) in [6.45, 7) is 0.195. The number of nitro groups is 1. The van der Waals surface area contributed by atoms with Crippen molar-refractivity contribution in [3.63, 3.8) is 0 Å². The third-order valence-corrected chi connectivity index (χ3v) is 5.76. The van der Waals surface area contributed by atoms with Crippen molar-refractivity contribution in [3.8, 4) is 11.5 Å². The van der Waals surface area contributed by atoms with Gasteiger partial charge >= 0.3 is 11.7 Å². The van der Waals surface area contributed by atoms with Gasteiger partial charge in [-0.05, 0) is 42.3 Å². The molecule has 0 radical (unpaired) electrons. The fourth-order valence-electron chi connectivity index (χ4n) is 2.74. The van der Waals surface area contributed by atoms with E-state index in [-0.39, 0.29) is 36.7 Å². The highest BCUT2D eigenvalue weighted by atomic mass is 35.5. The maximum atomic E-state index is 12.6. The number of carbonyl (C=O) groups excluding carboxylic acids is 1. The van der Waals surface area contributed by atoms with Crippen LogP contribution in [0.3, 0.4) is 0 Å². The Morgan fingerprint density at radius 1 is 1.32 bits per heavy atom. The molecule has 8 nitrogen and oxygen atoms in total. The Bertz CT molecular complexity index is 1100. The van der Waals surface area contributed by atoms with Gasteiger partial charge in [-0.3, -0.25) is 24.6 Å². The predicted molar refractivity (Wildman–Crippen MR) is 121 cm³/mol. The molecule has 2 aromatic rings. The summed E-state index contributed by atoms with van der Waals surface area (Å²) in [4.78, 5) is 35.9. The van der Waals surface area contributed by atoms with Crippen molar-refractivity contribution in [2.75, 3.05) is 6.54 Å². The zero-order valence-electron chi connectivity index (χ0n) is 15.8. The SMILES string of the molecule is O=C(O)CCCN1C(=O)/C(=C/c2ccc(Oc3cccc(Cl)c3)c([N+](=O)[O-])c2)SC1=S. The average Bonchev–Trinajstić information content (AvgIpc) is 2.96. The van der Waals surface area contributed by atoms with Crippen molar-refractivity contribution in [1.29, 1.82) is 0 Å². The van der Waals surface area contributed by atoms with Crippen LogP contribution in [0.15, 0.2) is 47.4 Å². The first-order chi connectivity index (χ1) is 14.7. The molecule has 0 atom stereocenters. The molecular weight excluding hydrogens is 464 g/mol. The molecule has 0 bridgehead atoms. The van der Waals surface area contributed by atoms with E-state index in [9.17, 15) is 19.7 Å². The highest BCUT2D eigenvalue weighted by molar-refractivity contribution is 8.26. The van der Waals surface area contributed by atoms with E-state index < -0.39 is 10.9 Å². The number of hydrogen-bond donors (Lipinski definition) is 1. The Morgan fingerprint density at radius 3 is 2.77 bits per heavy atom. The Morgan fingerprint density at radius 2 is 2.10 bits per heavy atom. The number of nitro benzene ring substituents is 1. The van der Waals surface area contributed by atoms with Crippen LogP contribution in [0, 0.1) is 10.1 Å². The first-order valence-corrected chi connectivity index (χ1v) is 10.5. The van der Waals surface area contributed by atoms with E-state index in [0.29, 0.717) is 25.6 Å². The average molecular weight is 479 g/mol. The van der Waals surface area contributed by atoms with Crippen LogP contribution in [0.4, 0.5) is 5.69 Å². The topological polar surface area (TPSA) is 110 Å². The van der Waals surface area contributed by atoms with E-state index in [1.54, 1.807) is 24.3 Å². The Kier molecular flexibility index (Phi) is 7.26. The molecule has 0 saturated carbocycles. The van der Waals surface area contributed by atoms with Crippen molar-refractivity contribution >= 4 is 63.5 Å². The van der Waals surface area contributed by atoms with Gasteiger partial charge in [0.1, 0.15) is 10.1 Å². The summed E-state index contributed by atoms with van der Waals surface area (Å²) in [5.41, 5.74) is 0.154. The van der Waals surface area contributed by atoms with E-state index in [4.69, 9.17) is 33.7 Å². The van der Waals surface area contributed by atoms with Gasteiger partial charge < -0.3 is 9.84 Å². The summed E-state index contributed by atoms with van der Waals surface area (Å²) in [5, 5.41) is 20.7. The molecule has 1 amide bonds. The van der Waals surface area contributed by atoms with Crippen molar-refractivity contribution < 1.29 is 24.4 Å². The van der Waals surface area contributed by atoms with Gasteiger partial charge in [0.2, 0.25) is 5.75 Å². The fourth-order valence-corrected chi connectivity index (χ4v) is 4.23. The molecule has 0 spiro atoms. The molecular formula is C20H15ClN2O6S2. The highest BCUT2D eigenvalue weighted by Gasteiger charge is 2.31. The van der Waals surface area contributed by atoms with Gasteiger partial charge in [0, 0.05) is 24.1 Å². The molecule has 1 heterocycles. The van der Waals surface area contributed by atoms with Gasteiger partial charge in [0.15, 0.2) is 0 Å². The number of ether oxygens (including phenoxy) is 1. The van der Waals surface area contributed by atoms with Crippen LogP contribution in [0.25, 0.3) is 6.08 Å². The van der Waals surface area contributed by atoms with Crippen LogP contribution < -0.4 is 4.74 Å².